The zero-order valence-corrected chi connectivity index (χ0v) is 10.7. The molecule has 0 spiro atoms. The Morgan fingerprint density at radius 3 is 2.61 bits per heavy atom. The maximum Gasteiger partial charge on any atom is 0.387 e. The van der Waals surface area contributed by atoms with Crippen LogP contribution in [0.2, 0.25) is 0 Å². The Hall–Kier alpha value is -1.45. The minimum absolute atomic E-state index is 0.0406. The van der Waals surface area contributed by atoms with E-state index >= 15 is 0 Å². The third-order valence-electron chi connectivity index (χ3n) is 2.72. The molecule has 0 radical (unpaired) electrons. The number of carbonyl (C=O) groups excluding carboxylic acids is 1. The first-order valence-electron chi connectivity index (χ1n) is 6.11. The number of hydrogen-bond donors (Lipinski definition) is 0. The molecule has 0 amide bonds. The molecule has 0 aliphatic rings. The molecule has 18 heavy (non-hydrogen) atoms. The average molecular weight is 256 g/mol. The van der Waals surface area contributed by atoms with Gasteiger partial charge in [0, 0.05) is 6.42 Å². The van der Waals surface area contributed by atoms with E-state index in [9.17, 15) is 13.6 Å². The Bertz CT molecular complexity index is 391. The highest BCUT2D eigenvalue weighted by molar-refractivity contribution is 5.98. The quantitative estimate of drug-likeness (QED) is 0.680. The van der Waals surface area contributed by atoms with Gasteiger partial charge in [0.25, 0.3) is 0 Å². The SMILES string of the molecule is CCCC(C)CC(=O)c1ccccc1OC(F)F. The molecule has 0 saturated carbocycles. The van der Waals surface area contributed by atoms with E-state index in [1.807, 2.05) is 6.92 Å². The van der Waals surface area contributed by atoms with Gasteiger partial charge in [0.1, 0.15) is 5.75 Å². The van der Waals surface area contributed by atoms with Crippen molar-refractivity contribution in [2.45, 2.75) is 39.7 Å². The van der Waals surface area contributed by atoms with E-state index in [1.165, 1.54) is 12.1 Å². The summed E-state index contributed by atoms with van der Waals surface area (Å²) in [4.78, 5) is 12.0. The molecule has 0 saturated heterocycles. The molecule has 1 atom stereocenters. The second-order valence-corrected chi connectivity index (χ2v) is 4.40. The van der Waals surface area contributed by atoms with Crippen molar-refractivity contribution in [1.29, 1.82) is 0 Å². The molecule has 0 aliphatic carbocycles. The van der Waals surface area contributed by atoms with Crippen molar-refractivity contribution < 1.29 is 18.3 Å². The summed E-state index contributed by atoms with van der Waals surface area (Å²) in [7, 11) is 0. The fourth-order valence-electron chi connectivity index (χ4n) is 1.92. The first-order valence-corrected chi connectivity index (χ1v) is 6.11. The van der Waals surface area contributed by atoms with Crippen LogP contribution in [0.1, 0.15) is 43.5 Å². The first kappa shape index (κ1) is 14.6. The Morgan fingerprint density at radius 1 is 1.33 bits per heavy atom. The molecule has 1 rings (SSSR count). The van der Waals surface area contributed by atoms with Gasteiger partial charge in [0.15, 0.2) is 5.78 Å². The van der Waals surface area contributed by atoms with Crippen molar-refractivity contribution >= 4 is 5.78 Å². The smallest absolute Gasteiger partial charge is 0.387 e. The fraction of sp³-hybridized carbons (Fsp3) is 0.500. The van der Waals surface area contributed by atoms with Crippen molar-refractivity contribution in [2.24, 2.45) is 5.92 Å². The molecule has 1 unspecified atom stereocenters. The molecular formula is C14H18F2O2. The maximum atomic E-state index is 12.2. The van der Waals surface area contributed by atoms with Crippen LogP contribution in [0.15, 0.2) is 24.3 Å². The van der Waals surface area contributed by atoms with Gasteiger partial charge in [-0.15, -0.1) is 0 Å². The van der Waals surface area contributed by atoms with Gasteiger partial charge in [-0.1, -0.05) is 38.8 Å². The average Bonchev–Trinajstić information content (AvgIpc) is 2.28. The minimum atomic E-state index is -2.91. The summed E-state index contributed by atoms with van der Waals surface area (Å²) >= 11 is 0. The Balaban J connectivity index is 2.78. The van der Waals surface area contributed by atoms with Gasteiger partial charge in [-0.3, -0.25) is 4.79 Å². The zero-order chi connectivity index (χ0) is 13.5. The van der Waals surface area contributed by atoms with Crippen LogP contribution in [0.4, 0.5) is 8.78 Å². The highest BCUT2D eigenvalue weighted by atomic mass is 19.3. The van der Waals surface area contributed by atoms with Gasteiger partial charge >= 0.3 is 6.61 Å². The predicted octanol–water partition coefficient (Wildman–Crippen LogP) is 4.30. The monoisotopic (exact) mass is 256 g/mol. The lowest BCUT2D eigenvalue weighted by Gasteiger charge is -2.12. The number of Topliss-reactive ketones (excluding diaryl/α,β-unsaturated/α-hetero) is 1. The van der Waals surface area contributed by atoms with E-state index in [1.54, 1.807) is 12.1 Å². The summed E-state index contributed by atoms with van der Waals surface area (Å²) in [5.74, 6) is 0.0653. The molecule has 1 aromatic rings. The number of alkyl halides is 2. The van der Waals surface area contributed by atoms with Crippen molar-refractivity contribution in [3.8, 4) is 5.75 Å². The lowest BCUT2D eigenvalue weighted by atomic mass is 9.96. The normalized spacial score (nSPS) is 12.5. The Kier molecular flexibility index (Phi) is 5.75. The number of carbonyl (C=O) groups is 1. The van der Waals surface area contributed by atoms with Gasteiger partial charge in [0.2, 0.25) is 0 Å². The van der Waals surface area contributed by atoms with E-state index in [0.29, 0.717) is 6.42 Å². The predicted molar refractivity (Wildman–Crippen MR) is 66.1 cm³/mol. The third kappa shape index (κ3) is 4.43. The summed E-state index contributed by atoms with van der Waals surface area (Å²) in [6, 6.07) is 6.14. The number of hydrogen-bond acceptors (Lipinski definition) is 2. The standard InChI is InChI=1S/C14H18F2O2/c1-3-6-10(2)9-12(17)11-7-4-5-8-13(11)18-14(15)16/h4-5,7-8,10,14H,3,6,9H2,1-2H3. The van der Waals surface area contributed by atoms with Gasteiger partial charge in [-0.25, -0.2) is 0 Å². The highest BCUT2D eigenvalue weighted by Crippen LogP contribution is 2.24. The van der Waals surface area contributed by atoms with Crippen molar-refractivity contribution in [3.63, 3.8) is 0 Å². The molecule has 2 nitrogen and oxygen atoms in total. The zero-order valence-electron chi connectivity index (χ0n) is 10.7. The van der Waals surface area contributed by atoms with Gasteiger partial charge in [-0.2, -0.15) is 8.78 Å². The van der Waals surface area contributed by atoms with Crippen LogP contribution in [0.5, 0.6) is 5.75 Å². The minimum Gasteiger partial charge on any atom is -0.434 e. The molecule has 0 N–H and O–H groups in total. The number of ketones is 1. The second-order valence-electron chi connectivity index (χ2n) is 4.40. The summed E-state index contributed by atoms with van der Waals surface area (Å²) in [5, 5.41) is 0. The molecule has 0 heterocycles. The van der Waals surface area contributed by atoms with E-state index in [4.69, 9.17) is 0 Å². The fourth-order valence-corrected chi connectivity index (χ4v) is 1.92. The molecule has 100 valence electrons. The van der Waals surface area contributed by atoms with Crippen LogP contribution < -0.4 is 4.74 Å². The summed E-state index contributed by atoms with van der Waals surface area (Å²) in [5.41, 5.74) is 0.237. The van der Waals surface area contributed by atoms with Gasteiger partial charge in [0.05, 0.1) is 5.56 Å². The highest BCUT2D eigenvalue weighted by Gasteiger charge is 2.17. The Labute approximate surface area is 106 Å². The van der Waals surface area contributed by atoms with Crippen LogP contribution >= 0.6 is 0 Å². The topological polar surface area (TPSA) is 26.3 Å². The largest absolute Gasteiger partial charge is 0.434 e. The van der Waals surface area contributed by atoms with E-state index in [2.05, 4.69) is 11.7 Å². The molecule has 1 aromatic carbocycles. The number of benzene rings is 1. The maximum absolute atomic E-state index is 12.2. The summed E-state index contributed by atoms with van der Waals surface area (Å²) in [6.45, 7) is 1.12. The van der Waals surface area contributed by atoms with Crippen LogP contribution in [0, 0.1) is 5.92 Å². The molecule has 0 aliphatic heterocycles. The number of para-hydroxylation sites is 1. The van der Waals surface area contributed by atoms with Crippen LogP contribution in [-0.2, 0) is 0 Å². The summed E-state index contributed by atoms with van der Waals surface area (Å²) < 4.78 is 28.8. The molecule has 4 heteroatoms. The molecular weight excluding hydrogens is 238 g/mol. The molecule has 0 fully saturated rings. The lowest BCUT2D eigenvalue weighted by molar-refractivity contribution is -0.0501. The van der Waals surface area contributed by atoms with Gasteiger partial charge in [-0.05, 0) is 18.1 Å². The number of rotatable bonds is 7. The summed E-state index contributed by atoms with van der Waals surface area (Å²) in [6.07, 6.45) is 2.31. The Morgan fingerprint density at radius 2 is 2.00 bits per heavy atom. The third-order valence-corrected chi connectivity index (χ3v) is 2.72. The number of halogens is 2. The van der Waals surface area contributed by atoms with E-state index in [-0.39, 0.29) is 23.0 Å². The van der Waals surface area contributed by atoms with Crippen molar-refractivity contribution in [3.05, 3.63) is 29.8 Å². The molecule has 0 aromatic heterocycles. The second kappa shape index (κ2) is 7.09. The van der Waals surface area contributed by atoms with Crippen LogP contribution in [0.3, 0.4) is 0 Å². The van der Waals surface area contributed by atoms with Crippen LogP contribution in [-0.4, -0.2) is 12.4 Å². The van der Waals surface area contributed by atoms with Crippen molar-refractivity contribution in [2.75, 3.05) is 0 Å². The molecule has 0 bridgehead atoms. The van der Waals surface area contributed by atoms with Crippen LogP contribution in [0.25, 0.3) is 0 Å². The first-order chi connectivity index (χ1) is 8.54. The van der Waals surface area contributed by atoms with Crippen molar-refractivity contribution in [1.82, 2.24) is 0 Å². The number of ether oxygens (including phenoxy) is 1. The van der Waals surface area contributed by atoms with E-state index < -0.39 is 6.61 Å². The van der Waals surface area contributed by atoms with E-state index in [0.717, 1.165) is 12.8 Å². The lowest BCUT2D eigenvalue weighted by Crippen LogP contribution is -2.10. The van der Waals surface area contributed by atoms with Gasteiger partial charge < -0.3 is 4.74 Å².